The maximum atomic E-state index is 12.3. The number of hydrogen-bond donors (Lipinski definition) is 1. The van der Waals surface area contributed by atoms with Gasteiger partial charge in [0.05, 0.1) is 18.6 Å². The van der Waals surface area contributed by atoms with Gasteiger partial charge in [-0.05, 0) is 38.0 Å². The van der Waals surface area contributed by atoms with Gasteiger partial charge in [0.2, 0.25) is 5.91 Å². The molecule has 1 aromatic carbocycles. The van der Waals surface area contributed by atoms with E-state index in [-0.39, 0.29) is 18.1 Å². The molecule has 1 aromatic rings. The summed E-state index contributed by atoms with van der Waals surface area (Å²) in [6.45, 7) is 7.31. The average molecular weight is 262 g/mol. The number of nitrogens with two attached hydrogens (primary N) is 1. The Morgan fingerprint density at radius 3 is 2.58 bits per heavy atom. The lowest BCUT2D eigenvalue weighted by atomic mass is 10.1. The van der Waals surface area contributed by atoms with Crippen LogP contribution < -0.4 is 5.73 Å². The molecule has 19 heavy (non-hydrogen) atoms. The van der Waals surface area contributed by atoms with Gasteiger partial charge in [-0.3, -0.25) is 4.79 Å². The van der Waals surface area contributed by atoms with Crippen molar-refractivity contribution >= 4 is 11.6 Å². The van der Waals surface area contributed by atoms with E-state index in [0.29, 0.717) is 25.2 Å². The minimum atomic E-state index is 0.100. The van der Waals surface area contributed by atoms with Crippen LogP contribution in [0.5, 0.6) is 0 Å². The molecule has 4 heteroatoms. The van der Waals surface area contributed by atoms with Gasteiger partial charge in [0.1, 0.15) is 0 Å². The molecule has 2 atom stereocenters. The van der Waals surface area contributed by atoms with Crippen molar-refractivity contribution in [3.8, 4) is 0 Å². The number of morpholine rings is 1. The largest absolute Gasteiger partial charge is 0.398 e. The molecule has 0 saturated carbocycles. The molecule has 0 aromatic heterocycles. The number of anilines is 1. The number of carbonyl (C=O) groups excluding carboxylic acids is 1. The Labute approximate surface area is 114 Å². The number of nitrogen functional groups attached to an aromatic ring is 1. The lowest BCUT2D eigenvalue weighted by Gasteiger charge is -2.35. The van der Waals surface area contributed by atoms with Crippen molar-refractivity contribution in [1.82, 2.24) is 4.90 Å². The second-order valence-corrected chi connectivity index (χ2v) is 5.44. The number of aryl methyl sites for hydroxylation is 1. The Hall–Kier alpha value is -1.55. The zero-order valence-electron chi connectivity index (χ0n) is 11.8. The number of rotatable bonds is 2. The molecule has 0 radical (unpaired) electrons. The van der Waals surface area contributed by atoms with Crippen LogP contribution in [0.25, 0.3) is 0 Å². The quantitative estimate of drug-likeness (QED) is 0.826. The van der Waals surface area contributed by atoms with Gasteiger partial charge in [0, 0.05) is 18.8 Å². The van der Waals surface area contributed by atoms with Crippen LogP contribution in [0.1, 0.15) is 25.0 Å². The molecular formula is C15H22N2O2. The molecule has 0 spiro atoms. The highest BCUT2D eigenvalue weighted by molar-refractivity contribution is 5.80. The zero-order chi connectivity index (χ0) is 14.0. The summed E-state index contributed by atoms with van der Waals surface area (Å²) in [6, 6.07) is 5.84. The van der Waals surface area contributed by atoms with Crippen molar-refractivity contribution in [2.24, 2.45) is 0 Å². The number of carbonyl (C=O) groups is 1. The standard InChI is InChI=1S/C15H22N2O2/c1-10-4-5-13(14(16)6-10)7-15(18)17-8-11(2)19-12(3)9-17/h4-6,11-12H,7-9,16H2,1-3H3/t11-,12-/m1/s1. The number of ether oxygens (including phenoxy) is 1. The molecule has 104 valence electrons. The second-order valence-electron chi connectivity index (χ2n) is 5.44. The first-order valence-corrected chi connectivity index (χ1v) is 6.74. The zero-order valence-corrected chi connectivity index (χ0v) is 11.8. The molecule has 1 saturated heterocycles. The number of hydrogen-bond acceptors (Lipinski definition) is 3. The van der Waals surface area contributed by atoms with Crippen LogP contribution in [-0.4, -0.2) is 36.1 Å². The van der Waals surface area contributed by atoms with E-state index in [1.807, 2.05) is 43.9 Å². The van der Waals surface area contributed by atoms with E-state index in [4.69, 9.17) is 10.5 Å². The molecule has 1 amide bonds. The molecule has 1 heterocycles. The normalized spacial score (nSPS) is 23.4. The summed E-state index contributed by atoms with van der Waals surface area (Å²) in [4.78, 5) is 14.2. The summed E-state index contributed by atoms with van der Waals surface area (Å²) < 4.78 is 5.64. The Morgan fingerprint density at radius 1 is 1.37 bits per heavy atom. The molecule has 0 bridgehead atoms. The van der Waals surface area contributed by atoms with E-state index >= 15 is 0 Å². The van der Waals surface area contributed by atoms with E-state index in [1.165, 1.54) is 0 Å². The first-order valence-electron chi connectivity index (χ1n) is 6.74. The van der Waals surface area contributed by atoms with Gasteiger partial charge < -0.3 is 15.4 Å². The van der Waals surface area contributed by atoms with E-state index in [0.717, 1.165) is 11.1 Å². The van der Waals surface area contributed by atoms with Crippen molar-refractivity contribution in [3.05, 3.63) is 29.3 Å². The lowest BCUT2D eigenvalue weighted by molar-refractivity contribution is -0.142. The Morgan fingerprint density at radius 2 is 2.00 bits per heavy atom. The minimum Gasteiger partial charge on any atom is -0.398 e. The fourth-order valence-electron chi connectivity index (χ4n) is 2.53. The van der Waals surface area contributed by atoms with Gasteiger partial charge in [0.15, 0.2) is 0 Å². The van der Waals surface area contributed by atoms with Gasteiger partial charge in [-0.1, -0.05) is 12.1 Å². The van der Waals surface area contributed by atoms with Crippen LogP contribution >= 0.6 is 0 Å². The highest BCUT2D eigenvalue weighted by atomic mass is 16.5. The van der Waals surface area contributed by atoms with Gasteiger partial charge in [0.25, 0.3) is 0 Å². The number of amides is 1. The van der Waals surface area contributed by atoms with Crippen LogP contribution in [0.4, 0.5) is 5.69 Å². The van der Waals surface area contributed by atoms with Gasteiger partial charge in [-0.25, -0.2) is 0 Å². The molecule has 4 nitrogen and oxygen atoms in total. The first kappa shape index (κ1) is 13.9. The number of benzene rings is 1. The molecule has 0 unspecified atom stereocenters. The Balaban J connectivity index is 2.04. The van der Waals surface area contributed by atoms with Crippen molar-refractivity contribution in [3.63, 3.8) is 0 Å². The second kappa shape index (κ2) is 5.61. The Bertz CT molecular complexity index is 463. The molecule has 1 aliphatic rings. The summed E-state index contributed by atoms with van der Waals surface area (Å²) in [5.74, 6) is 0.123. The minimum absolute atomic E-state index is 0.100. The van der Waals surface area contributed by atoms with Crippen LogP contribution in [-0.2, 0) is 16.0 Å². The van der Waals surface area contributed by atoms with Crippen molar-refractivity contribution in [1.29, 1.82) is 0 Å². The summed E-state index contributed by atoms with van der Waals surface area (Å²) in [6.07, 6.45) is 0.567. The first-order chi connectivity index (χ1) is 8.95. The summed E-state index contributed by atoms with van der Waals surface area (Å²) >= 11 is 0. The molecular weight excluding hydrogens is 240 g/mol. The van der Waals surface area contributed by atoms with Gasteiger partial charge >= 0.3 is 0 Å². The summed E-state index contributed by atoms with van der Waals surface area (Å²) in [5, 5.41) is 0. The highest BCUT2D eigenvalue weighted by Crippen LogP contribution is 2.17. The van der Waals surface area contributed by atoms with Crippen molar-refractivity contribution in [2.45, 2.75) is 39.4 Å². The van der Waals surface area contributed by atoms with Crippen LogP contribution in [0.3, 0.4) is 0 Å². The smallest absolute Gasteiger partial charge is 0.227 e. The fourth-order valence-corrected chi connectivity index (χ4v) is 2.53. The average Bonchev–Trinajstić information content (AvgIpc) is 2.31. The third-order valence-electron chi connectivity index (χ3n) is 3.42. The van der Waals surface area contributed by atoms with Crippen LogP contribution in [0, 0.1) is 6.92 Å². The number of nitrogens with zero attached hydrogens (tertiary/aromatic N) is 1. The fraction of sp³-hybridized carbons (Fsp3) is 0.533. The summed E-state index contributed by atoms with van der Waals surface area (Å²) in [7, 11) is 0. The molecule has 2 N–H and O–H groups in total. The molecule has 0 aliphatic carbocycles. The topological polar surface area (TPSA) is 55.6 Å². The predicted molar refractivity (Wildman–Crippen MR) is 75.9 cm³/mol. The summed E-state index contributed by atoms with van der Waals surface area (Å²) in [5.41, 5.74) is 8.67. The highest BCUT2D eigenvalue weighted by Gasteiger charge is 2.25. The van der Waals surface area contributed by atoms with Crippen LogP contribution in [0.2, 0.25) is 0 Å². The van der Waals surface area contributed by atoms with E-state index in [1.54, 1.807) is 0 Å². The van der Waals surface area contributed by atoms with E-state index in [2.05, 4.69) is 0 Å². The molecule has 1 fully saturated rings. The van der Waals surface area contributed by atoms with E-state index in [9.17, 15) is 4.79 Å². The maximum Gasteiger partial charge on any atom is 0.227 e. The third kappa shape index (κ3) is 3.47. The van der Waals surface area contributed by atoms with Gasteiger partial charge in [-0.15, -0.1) is 0 Å². The monoisotopic (exact) mass is 262 g/mol. The maximum absolute atomic E-state index is 12.3. The van der Waals surface area contributed by atoms with Gasteiger partial charge in [-0.2, -0.15) is 0 Å². The lowest BCUT2D eigenvalue weighted by Crippen LogP contribution is -2.48. The van der Waals surface area contributed by atoms with Crippen molar-refractivity contribution < 1.29 is 9.53 Å². The van der Waals surface area contributed by atoms with E-state index < -0.39 is 0 Å². The Kier molecular flexibility index (Phi) is 4.10. The van der Waals surface area contributed by atoms with Crippen molar-refractivity contribution in [2.75, 3.05) is 18.8 Å². The molecule has 2 rings (SSSR count). The molecule has 1 aliphatic heterocycles. The van der Waals surface area contributed by atoms with Crippen LogP contribution in [0.15, 0.2) is 18.2 Å². The SMILES string of the molecule is Cc1ccc(CC(=O)N2C[C@@H](C)O[C@H](C)C2)c(N)c1. The third-order valence-corrected chi connectivity index (χ3v) is 3.42. The predicted octanol–water partition coefficient (Wildman–Crippen LogP) is 1.76.